The number of rotatable bonds is 4. The molecule has 0 aliphatic heterocycles. The van der Waals surface area contributed by atoms with Gasteiger partial charge in [-0.2, -0.15) is 0 Å². The Hall–Kier alpha value is -0.480. The van der Waals surface area contributed by atoms with Crippen molar-refractivity contribution in [1.29, 1.82) is 0 Å². The molecule has 1 N–H and O–H groups in total. The van der Waals surface area contributed by atoms with Crippen LogP contribution in [0.4, 0.5) is 0 Å². The summed E-state index contributed by atoms with van der Waals surface area (Å²) in [6, 6.07) is 7.51. The zero-order valence-corrected chi connectivity index (χ0v) is 12.8. The highest BCUT2D eigenvalue weighted by molar-refractivity contribution is 9.10. The monoisotopic (exact) mass is 347 g/mol. The van der Waals surface area contributed by atoms with Gasteiger partial charge in [0.25, 0.3) is 0 Å². The molecular formula is C13H12BrCl2NO. The molecule has 0 fully saturated rings. The standard InChI is InChI=1S/C13H12BrCl2NO/c1-8(10-3-2-9(15)6-12(10)16)17-7-13-11(14)4-5-18-13/h2-6,8,17H,7H2,1H3. The summed E-state index contributed by atoms with van der Waals surface area (Å²) in [5, 5.41) is 4.66. The van der Waals surface area contributed by atoms with E-state index >= 15 is 0 Å². The second kappa shape index (κ2) is 6.11. The lowest BCUT2D eigenvalue weighted by Gasteiger charge is -2.15. The van der Waals surface area contributed by atoms with E-state index in [2.05, 4.69) is 21.2 Å². The first kappa shape index (κ1) is 13.9. The van der Waals surface area contributed by atoms with Gasteiger partial charge in [0.15, 0.2) is 0 Å². The highest BCUT2D eigenvalue weighted by atomic mass is 79.9. The number of halogens is 3. The molecule has 1 unspecified atom stereocenters. The van der Waals surface area contributed by atoms with Gasteiger partial charge in [-0.3, -0.25) is 0 Å². The highest BCUT2D eigenvalue weighted by Gasteiger charge is 2.11. The first-order valence-electron chi connectivity index (χ1n) is 5.48. The summed E-state index contributed by atoms with van der Waals surface area (Å²) in [7, 11) is 0. The molecule has 1 aromatic carbocycles. The van der Waals surface area contributed by atoms with Gasteiger partial charge in [0, 0.05) is 16.1 Å². The lowest BCUT2D eigenvalue weighted by molar-refractivity contribution is 0.458. The summed E-state index contributed by atoms with van der Waals surface area (Å²) < 4.78 is 6.30. The smallest absolute Gasteiger partial charge is 0.131 e. The average molecular weight is 349 g/mol. The molecule has 0 bridgehead atoms. The Bertz CT molecular complexity index is 542. The van der Waals surface area contributed by atoms with E-state index in [0.717, 1.165) is 15.8 Å². The van der Waals surface area contributed by atoms with Crippen molar-refractivity contribution >= 4 is 39.1 Å². The van der Waals surface area contributed by atoms with E-state index in [1.54, 1.807) is 12.3 Å². The summed E-state index contributed by atoms with van der Waals surface area (Å²) in [5.74, 6) is 0.868. The van der Waals surface area contributed by atoms with Gasteiger partial charge in [0.1, 0.15) is 5.76 Å². The Kier molecular flexibility index (Phi) is 4.73. The van der Waals surface area contributed by atoms with Gasteiger partial charge in [0.05, 0.1) is 17.3 Å². The second-order valence-corrected chi connectivity index (χ2v) is 5.66. The molecule has 2 aromatic rings. The summed E-state index contributed by atoms with van der Waals surface area (Å²) in [6.45, 7) is 2.68. The Morgan fingerprint density at radius 2 is 2.11 bits per heavy atom. The predicted octanol–water partition coefficient (Wildman–Crippen LogP) is 5.20. The number of hydrogen-bond acceptors (Lipinski definition) is 2. The molecule has 1 heterocycles. The van der Waals surface area contributed by atoms with E-state index in [9.17, 15) is 0 Å². The molecule has 2 rings (SSSR count). The molecule has 18 heavy (non-hydrogen) atoms. The largest absolute Gasteiger partial charge is 0.467 e. The lowest BCUT2D eigenvalue weighted by atomic mass is 10.1. The van der Waals surface area contributed by atoms with Crippen molar-refractivity contribution in [2.45, 2.75) is 19.5 Å². The molecule has 2 nitrogen and oxygen atoms in total. The van der Waals surface area contributed by atoms with Crippen molar-refractivity contribution in [1.82, 2.24) is 5.32 Å². The molecule has 0 amide bonds. The third kappa shape index (κ3) is 3.29. The van der Waals surface area contributed by atoms with Crippen molar-refractivity contribution in [2.75, 3.05) is 0 Å². The van der Waals surface area contributed by atoms with Crippen LogP contribution in [0.5, 0.6) is 0 Å². The van der Waals surface area contributed by atoms with Crippen LogP contribution < -0.4 is 5.32 Å². The molecule has 0 aliphatic rings. The Morgan fingerprint density at radius 1 is 1.33 bits per heavy atom. The van der Waals surface area contributed by atoms with Crippen LogP contribution in [-0.4, -0.2) is 0 Å². The molecule has 1 aromatic heterocycles. The molecule has 1 atom stereocenters. The van der Waals surface area contributed by atoms with Crippen molar-refractivity contribution in [3.8, 4) is 0 Å². The summed E-state index contributed by atoms with van der Waals surface area (Å²) in [5.41, 5.74) is 1.02. The van der Waals surface area contributed by atoms with Gasteiger partial charge in [-0.15, -0.1) is 0 Å². The van der Waals surface area contributed by atoms with Crippen LogP contribution in [0.15, 0.2) is 39.4 Å². The molecule has 0 saturated carbocycles. The minimum absolute atomic E-state index is 0.117. The van der Waals surface area contributed by atoms with Crippen LogP contribution in [0.1, 0.15) is 24.3 Å². The first-order valence-corrected chi connectivity index (χ1v) is 7.03. The molecule has 0 spiro atoms. The quantitative estimate of drug-likeness (QED) is 0.821. The summed E-state index contributed by atoms with van der Waals surface area (Å²) >= 11 is 15.5. The molecule has 96 valence electrons. The minimum atomic E-state index is 0.117. The first-order chi connectivity index (χ1) is 8.58. The normalized spacial score (nSPS) is 12.7. The number of benzene rings is 1. The van der Waals surface area contributed by atoms with Crippen LogP contribution >= 0.6 is 39.1 Å². The Morgan fingerprint density at radius 3 is 2.72 bits per heavy atom. The van der Waals surface area contributed by atoms with Gasteiger partial charge in [-0.1, -0.05) is 29.3 Å². The zero-order chi connectivity index (χ0) is 13.1. The van der Waals surface area contributed by atoms with Crippen LogP contribution in [0.25, 0.3) is 0 Å². The van der Waals surface area contributed by atoms with E-state index < -0.39 is 0 Å². The van der Waals surface area contributed by atoms with E-state index in [1.807, 2.05) is 25.1 Å². The van der Waals surface area contributed by atoms with E-state index in [4.69, 9.17) is 27.6 Å². The van der Waals surface area contributed by atoms with Gasteiger partial charge in [-0.25, -0.2) is 0 Å². The maximum absolute atomic E-state index is 6.16. The fraction of sp³-hybridized carbons (Fsp3) is 0.231. The van der Waals surface area contributed by atoms with Gasteiger partial charge >= 0.3 is 0 Å². The Balaban J connectivity index is 2.03. The molecule has 5 heteroatoms. The number of hydrogen-bond donors (Lipinski definition) is 1. The van der Waals surface area contributed by atoms with Crippen molar-refractivity contribution in [2.24, 2.45) is 0 Å². The fourth-order valence-electron chi connectivity index (χ4n) is 1.66. The summed E-state index contributed by atoms with van der Waals surface area (Å²) in [4.78, 5) is 0. The number of furan rings is 1. The fourth-order valence-corrected chi connectivity index (χ4v) is 2.57. The van der Waals surface area contributed by atoms with E-state index in [-0.39, 0.29) is 6.04 Å². The van der Waals surface area contributed by atoms with Crippen LogP contribution in [0, 0.1) is 0 Å². The third-order valence-corrected chi connectivity index (χ3v) is 3.96. The molecular weight excluding hydrogens is 337 g/mol. The van der Waals surface area contributed by atoms with Gasteiger partial charge in [-0.05, 0) is 46.6 Å². The van der Waals surface area contributed by atoms with Crippen molar-refractivity contribution in [3.63, 3.8) is 0 Å². The topological polar surface area (TPSA) is 25.2 Å². The van der Waals surface area contributed by atoms with Crippen molar-refractivity contribution < 1.29 is 4.42 Å². The minimum Gasteiger partial charge on any atom is -0.467 e. The van der Waals surface area contributed by atoms with Gasteiger partial charge < -0.3 is 9.73 Å². The van der Waals surface area contributed by atoms with Crippen LogP contribution in [0.2, 0.25) is 10.0 Å². The zero-order valence-electron chi connectivity index (χ0n) is 9.71. The molecule has 0 radical (unpaired) electrons. The maximum Gasteiger partial charge on any atom is 0.131 e. The van der Waals surface area contributed by atoms with Crippen LogP contribution in [-0.2, 0) is 6.54 Å². The predicted molar refractivity (Wildman–Crippen MR) is 78.1 cm³/mol. The third-order valence-electron chi connectivity index (χ3n) is 2.69. The molecule has 0 saturated heterocycles. The summed E-state index contributed by atoms with van der Waals surface area (Å²) in [6.07, 6.45) is 1.65. The highest BCUT2D eigenvalue weighted by Crippen LogP contribution is 2.26. The average Bonchev–Trinajstić information content (AvgIpc) is 2.72. The Labute approximate surface area is 124 Å². The maximum atomic E-state index is 6.16. The SMILES string of the molecule is CC(NCc1occc1Br)c1ccc(Cl)cc1Cl. The second-order valence-electron chi connectivity index (χ2n) is 3.96. The van der Waals surface area contributed by atoms with Crippen molar-refractivity contribution in [3.05, 3.63) is 56.4 Å². The molecule has 0 aliphatic carbocycles. The number of nitrogens with one attached hydrogen (secondary N) is 1. The van der Waals surface area contributed by atoms with E-state index in [1.165, 1.54) is 0 Å². The van der Waals surface area contributed by atoms with E-state index in [0.29, 0.717) is 16.6 Å². The van der Waals surface area contributed by atoms with Gasteiger partial charge in [0.2, 0.25) is 0 Å². The van der Waals surface area contributed by atoms with Crippen LogP contribution in [0.3, 0.4) is 0 Å². The lowest BCUT2D eigenvalue weighted by Crippen LogP contribution is -2.18.